The minimum atomic E-state index is -1.70. The molecule has 1 N–H and O–H groups in total. The molecule has 25 heavy (non-hydrogen) atoms. The van der Waals surface area contributed by atoms with Crippen molar-refractivity contribution in [3.63, 3.8) is 0 Å². The third kappa shape index (κ3) is 5.15. The lowest BCUT2D eigenvalue weighted by Gasteiger charge is -2.38. The van der Waals surface area contributed by atoms with Crippen LogP contribution in [0.25, 0.3) is 0 Å². The van der Waals surface area contributed by atoms with Crippen molar-refractivity contribution in [3.05, 3.63) is 35.4 Å². The van der Waals surface area contributed by atoms with Crippen molar-refractivity contribution in [1.82, 2.24) is 10.2 Å². The zero-order chi connectivity index (χ0) is 18.7. The quantitative estimate of drug-likeness (QED) is 0.782. The van der Waals surface area contributed by atoms with E-state index in [0.29, 0.717) is 6.10 Å². The molecule has 0 aromatic heterocycles. The average molecular weight is 360 g/mol. The van der Waals surface area contributed by atoms with E-state index in [0.717, 1.165) is 31.6 Å². The summed E-state index contributed by atoms with van der Waals surface area (Å²) in [4.78, 5) is 2.48. The highest BCUT2D eigenvalue weighted by atomic mass is 28.4. The molecule has 0 spiro atoms. The summed E-state index contributed by atoms with van der Waals surface area (Å²) in [6.07, 6.45) is 1.46. The fourth-order valence-electron chi connectivity index (χ4n) is 3.10. The van der Waals surface area contributed by atoms with Crippen LogP contribution in [0.5, 0.6) is 0 Å². The Balaban J connectivity index is 1.96. The van der Waals surface area contributed by atoms with Crippen molar-refractivity contribution in [3.8, 4) is 6.07 Å². The van der Waals surface area contributed by atoms with Crippen LogP contribution < -0.4 is 5.32 Å². The first-order valence-electron chi connectivity index (χ1n) is 9.24. The summed E-state index contributed by atoms with van der Waals surface area (Å²) in [6.45, 7) is 14.6. The van der Waals surface area contributed by atoms with E-state index in [2.05, 4.69) is 56.2 Å². The summed E-state index contributed by atoms with van der Waals surface area (Å²) in [6, 6.07) is 10.4. The second kappa shape index (κ2) is 8.01. The van der Waals surface area contributed by atoms with Gasteiger partial charge in [-0.1, -0.05) is 32.9 Å². The highest BCUT2D eigenvalue weighted by Gasteiger charge is 2.40. The van der Waals surface area contributed by atoms with Crippen LogP contribution in [0, 0.1) is 11.3 Å². The number of benzene rings is 1. The Hall–Kier alpha value is -1.19. The van der Waals surface area contributed by atoms with Gasteiger partial charge in [-0.05, 0) is 49.3 Å². The molecular formula is C20H33N3OSi. The lowest BCUT2D eigenvalue weighted by Crippen LogP contribution is -2.44. The lowest BCUT2D eigenvalue weighted by atomic mass is 10.0. The van der Waals surface area contributed by atoms with E-state index in [1.165, 1.54) is 5.56 Å². The van der Waals surface area contributed by atoms with Crippen molar-refractivity contribution < 1.29 is 4.43 Å². The molecule has 1 aliphatic rings. The molecule has 2 unspecified atom stereocenters. The molecule has 1 aromatic rings. The number of hydrogen-bond donors (Lipinski definition) is 1. The largest absolute Gasteiger partial charge is 0.413 e. The minimum absolute atomic E-state index is 0.236. The fraction of sp³-hybridized carbons (Fsp3) is 0.650. The Morgan fingerprint density at radius 1 is 1.40 bits per heavy atom. The molecule has 138 valence electrons. The van der Waals surface area contributed by atoms with E-state index in [4.69, 9.17) is 9.69 Å². The predicted octanol–water partition coefficient (Wildman–Crippen LogP) is 3.91. The molecule has 0 amide bonds. The summed E-state index contributed by atoms with van der Waals surface area (Å²) in [7, 11) is 0.287. The van der Waals surface area contributed by atoms with Gasteiger partial charge in [0.05, 0.1) is 17.7 Å². The van der Waals surface area contributed by atoms with Crippen LogP contribution in [0.4, 0.5) is 0 Å². The second-order valence-corrected chi connectivity index (χ2v) is 13.4. The molecule has 0 saturated carbocycles. The lowest BCUT2D eigenvalue weighted by molar-refractivity contribution is 0.177. The van der Waals surface area contributed by atoms with Crippen LogP contribution >= 0.6 is 0 Å². The summed E-state index contributed by atoms with van der Waals surface area (Å²) in [5.74, 6) is 0. The first-order chi connectivity index (χ1) is 11.7. The van der Waals surface area contributed by atoms with Gasteiger partial charge in [-0.25, -0.2) is 0 Å². The summed E-state index contributed by atoms with van der Waals surface area (Å²) >= 11 is 0. The maximum absolute atomic E-state index is 9.12. The molecule has 0 radical (unpaired) electrons. The molecule has 0 aliphatic carbocycles. The van der Waals surface area contributed by atoms with Gasteiger partial charge in [0.15, 0.2) is 8.32 Å². The molecule has 5 heteroatoms. The first-order valence-corrected chi connectivity index (χ1v) is 12.1. The molecule has 1 heterocycles. The molecule has 1 saturated heterocycles. The number of likely N-dealkylation sites (tertiary alicyclic amines) is 1. The van der Waals surface area contributed by atoms with E-state index >= 15 is 0 Å². The molecule has 1 aliphatic heterocycles. The zero-order valence-electron chi connectivity index (χ0n) is 16.6. The standard InChI is InChI=1S/C20H33N3OSi/c1-20(2,3)25(5,6)24-18-10-11-23(14-18)15-19(22-4)17-9-7-8-16(12-17)13-21/h7-9,12,18-19,22H,10-11,14-15H2,1-6H3. The van der Waals surface area contributed by atoms with Gasteiger partial charge in [0, 0.05) is 25.7 Å². The third-order valence-electron chi connectivity index (χ3n) is 5.70. The van der Waals surface area contributed by atoms with Crippen molar-refractivity contribution in [2.75, 3.05) is 26.7 Å². The maximum Gasteiger partial charge on any atom is 0.192 e. The van der Waals surface area contributed by atoms with Gasteiger partial charge in [-0.2, -0.15) is 5.26 Å². The molecule has 4 nitrogen and oxygen atoms in total. The van der Waals surface area contributed by atoms with Crippen LogP contribution in [0.1, 0.15) is 44.4 Å². The smallest absolute Gasteiger partial charge is 0.192 e. The Morgan fingerprint density at radius 3 is 2.72 bits per heavy atom. The van der Waals surface area contributed by atoms with Gasteiger partial charge >= 0.3 is 0 Å². The second-order valence-electron chi connectivity index (χ2n) is 8.63. The van der Waals surface area contributed by atoms with Gasteiger partial charge in [0.25, 0.3) is 0 Å². The number of hydrogen-bond acceptors (Lipinski definition) is 4. The Kier molecular flexibility index (Phi) is 6.44. The van der Waals surface area contributed by atoms with E-state index in [-0.39, 0.29) is 11.1 Å². The van der Waals surface area contributed by atoms with Crippen LogP contribution in [0.2, 0.25) is 18.1 Å². The van der Waals surface area contributed by atoms with E-state index < -0.39 is 8.32 Å². The minimum Gasteiger partial charge on any atom is -0.413 e. The van der Waals surface area contributed by atoms with Crippen LogP contribution in [0.3, 0.4) is 0 Å². The highest BCUT2D eigenvalue weighted by Crippen LogP contribution is 2.38. The maximum atomic E-state index is 9.12. The average Bonchev–Trinajstić information content (AvgIpc) is 2.98. The molecule has 1 aromatic carbocycles. The Bertz CT molecular complexity index is 618. The summed E-state index contributed by atoms with van der Waals surface area (Å²) in [5, 5.41) is 12.8. The number of nitrogens with one attached hydrogen (secondary N) is 1. The number of nitrogens with zero attached hydrogens (tertiary/aromatic N) is 2. The Labute approximate surface area is 154 Å². The molecule has 2 atom stereocenters. The number of likely N-dealkylation sites (N-methyl/N-ethyl adjacent to an activating group) is 1. The number of nitriles is 1. The Morgan fingerprint density at radius 2 is 2.12 bits per heavy atom. The van der Waals surface area contributed by atoms with Gasteiger partial charge in [-0.15, -0.1) is 0 Å². The normalized spacial score (nSPS) is 20.4. The predicted molar refractivity (Wildman–Crippen MR) is 106 cm³/mol. The van der Waals surface area contributed by atoms with Crippen LogP contribution in [-0.2, 0) is 4.43 Å². The van der Waals surface area contributed by atoms with Gasteiger partial charge in [-0.3, -0.25) is 4.90 Å². The van der Waals surface area contributed by atoms with Crippen molar-refractivity contribution in [2.45, 2.75) is 57.5 Å². The van der Waals surface area contributed by atoms with Crippen molar-refractivity contribution in [1.29, 1.82) is 5.26 Å². The van der Waals surface area contributed by atoms with Crippen LogP contribution in [-0.4, -0.2) is 46.0 Å². The van der Waals surface area contributed by atoms with E-state index in [1.54, 1.807) is 0 Å². The molecule has 1 fully saturated rings. The third-order valence-corrected chi connectivity index (χ3v) is 10.2. The van der Waals surface area contributed by atoms with Gasteiger partial charge in [0.2, 0.25) is 0 Å². The number of rotatable bonds is 6. The zero-order valence-corrected chi connectivity index (χ0v) is 17.6. The molecular weight excluding hydrogens is 326 g/mol. The monoisotopic (exact) mass is 359 g/mol. The highest BCUT2D eigenvalue weighted by molar-refractivity contribution is 6.74. The first kappa shape index (κ1) is 20.1. The van der Waals surface area contributed by atoms with Crippen LogP contribution in [0.15, 0.2) is 24.3 Å². The molecule has 2 rings (SSSR count). The van der Waals surface area contributed by atoms with Gasteiger partial charge < -0.3 is 9.74 Å². The fourth-order valence-corrected chi connectivity index (χ4v) is 4.48. The molecule has 0 bridgehead atoms. The topological polar surface area (TPSA) is 48.3 Å². The van der Waals surface area contributed by atoms with E-state index in [9.17, 15) is 0 Å². The van der Waals surface area contributed by atoms with E-state index in [1.807, 2.05) is 25.2 Å². The summed E-state index contributed by atoms with van der Waals surface area (Å²) < 4.78 is 6.58. The van der Waals surface area contributed by atoms with Crippen molar-refractivity contribution >= 4 is 8.32 Å². The summed E-state index contributed by atoms with van der Waals surface area (Å²) in [5.41, 5.74) is 1.90. The SMILES string of the molecule is CNC(CN1CCC(O[Si](C)(C)C(C)(C)C)C1)c1cccc(C#N)c1. The van der Waals surface area contributed by atoms with Crippen molar-refractivity contribution in [2.24, 2.45) is 0 Å². The van der Waals surface area contributed by atoms with Gasteiger partial charge in [0.1, 0.15) is 0 Å².